The van der Waals surface area contributed by atoms with Gasteiger partial charge in [-0.1, -0.05) is 69.4 Å². The fraction of sp³-hybridized carbons (Fsp3) is 0.480. The molecule has 2 atom stereocenters. The molecule has 1 heterocycles. The Morgan fingerprint density at radius 1 is 1.12 bits per heavy atom. The minimum Gasteiger partial charge on any atom is -0.543 e. The molecule has 1 aromatic carbocycles. The average Bonchev–Trinajstić information content (AvgIpc) is 2.70. The van der Waals surface area contributed by atoms with Gasteiger partial charge in [0, 0.05) is 20.1 Å². The quantitative estimate of drug-likeness (QED) is 0.346. The van der Waals surface area contributed by atoms with Crippen molar-refractivity contribution in [2.24, 2.45) is 0 Å². The van der Waals surface area contributed by atoms with E-state index in [1.165, 1.54) is 7.11 Å². The molecule has 0 unspecified atom stereocenters. The van der Waals surface area contributed by atoms with Gasteiger partial charge in [-0.05, 0) is 29.8 Å². The van der Waals surface area contributed by atoms with Crippen molar-refractivity contribution in [2.45, 2.75) is 57.5 Å². The molecule has 0 fully saturated rings. The SMILES string of the molecule is COCO[C@H]1\C=C/C=C\C=C\c2cccc(O[Si](C)(C)C(C)(C)C)c2C(=O)O[C@H]1CCO. The molecule has 0 bridgehead atoms. The molecule has 176 valence electrons. The van der Waals surface area contributed by atoms with Crippen LogP contribution in [0.15, 0.2) is 48.6 Å². The number of carbonyl (C=O) groups excluding carboxylic acids is 1. The molecule has 1 aromatic rings. The second-order valence-electron chi connectivity index (χ2n) is 9.21. The van der Waals surface area contributed by atoms with Crippen LogP contribution in [0.4, 0.5) is 0 Å². The predicted octanol–water partition coefficient (Wildman–Crippen LogP) is 5.11. The van der Waals surface area contributed by atoms with E-state index in [1.54, 1.807) is 6.08 Å². The first kappa shape index (κ1) is 26.1. The van der Waals surface area contributed by atoms with Gasteiger partial charge in [0.25, 0.3) is 8.32 Å². The third-order valence-electron chi connectivity index (χ3n) is 5.76. The number of methoxy groups -OCH3 is 1. The number of aliphatic hydroxyl groups is 1. The summed E-state index contributed by atoms with van der Waals surface area (Å²) in [4.78, 5) is 13.5. The highest BCUT2D eigenvalue weighted by Crippen LogP contribution is 2.39. The van der Waals surface area contributed by atoms with Gasteiger partial charge in [0.1, 0.15) is 30.3 Å². The van der Waals surface area contributed by atoms with Crippen LogP contribution in [0.25, 0.3) is 6.08 Å². The lowest BCUT2D eigenvalue weighted by molar-refractivity contribution is -0.101. The van der Waals surface area contributed by atoms with E-state index in [4.69, 9.17) is 18.6 Å². The summed E-state index contributed by atoms with van der Waals surface area (Å²) in [5.41, 5.74) is 1.08. The summed E-state index contributed by atoms with van der Waals surface area (Å²) in [6, 6.07) is 5.56. The number of carbonyl (C=O) groups is 1. The van der Waals surface area contributed by atoms with Crippen LogP contribution in [0.3, 0.4) is 0 Å². The number of cyclic esters (lactones) is 1. The summed E-state index contributed by atoms with van der Waals surface area (Å²) < 4.78 is 23.2. The molecule has 0 saturated carbocycles. The number of hydrogen-bond donors (Lipinski definition) is 1. The Hall–Kier alpha value is -2.19. The van der Waals surface area contributed by atoms with E-state index >= 15 is 0 Å². The van der Waals surface area contributed by atoms with Crippen molar-refractivity contribution in [3.8, 4) is 5.75 Å². The number of rotatable bonds is 7. The van der Waals surface area contributed by atoms with Crippen molar-refractivity contribution in [3.05, 3.63) is 59.7 Å². The van der Waals surface area contributed by atoms with Gasteiger partial charge in [0.05, 0.1) is 0 Å². The van der Waals surface area contributed by atoms with E-state index < -0.39 is 26.5 Å². The molecule has 7 heteroatoms. The van der Waals surface area contributed by atoms with Crippen LogP contribution >= 0.6 is 0 Å². The number of fused-ring (bicyclic) bond motifs is 1. The highest BCUT2D eigenvalue weighted by atomic mass is 28.4. The van der Waals surface area contributed by atoms with Gasteiger partial charge in [0.2, 0.25) is 0 Å². The van der Waals surface area contributed by atoms with E-state index in [-0.39, 0.29) is 24.9 Å². The van der Waals surface area contributed by atoms with Gasteiger partial charge in [-0.2, -0.15) is 0 Å². The zero-order valence-corrected chi connectivity index (χ0v) is 21.0. The van der Waals surface area contributed by atoms with Crippen LogP contribution in [0.2, 0.25) is 18.1 Å². The predicted molar refractivity (Wildman–Crippen MR) is 129 cm³/mol. The van der Waals surface area contributed by atoms with E-state index in [9.17, 15) is 9.90 Å². The first-order valence-corrected chi connectivity index (χ1v) is 13.8. The van der Waals surface area contributed by atoms with Gasteiger partial charge < -0.3 is 23.7 Å². The Labute approximate surface area is 192 Å². The largest absolute Gasteiger partial charge is 0.543 e. The minimum absolute atomic E-state index is 0.0348. The highest BCUT2D eigenvalue weighted by Gasteiger charge is 2.40. The fourth-order valence-electron chi connectivity index (χ4n) is 2.93. The van der Waals surface area contributed by atoms with Gasteiger partial charge in [-0.15, -0.1) is 0 Å². The van der Waals surface area contributed by atoms with Crippen molar-refractivity contribution >= 4 is 20.4 Å². The third kappa shape index (κ3) is 6.90. The molecular weight excluding hydrogens is 424 g/mol. The van der Waals surface area contributed by atoms with Crippen molar-refractivity contribution in [1.82, 2.24) is 0 Å². The summed E-state index contributed by atoms with van der Waals surface area (Å²) >= 11 is 0. The normalized spacial score (nSPS) is 22.7. The number of aliphatic hydroxyl groups excluding tert-OH is 1. The summed E-state index contributed by atoms with van der Waals surface area (Å²) in [5.74, 6) is -0.00110. The maximum absolute atomic E-state index is 13.5. The summed E-state index contributed by atoms with van der Waals surface area (Å²) in [6.45, 7) is 10.6. The second-order valence-corrected chi connectivity index (χ2v) is 13.9. The number of ether oxygens (including phenoxy) is 3. The highest BCUT2D eigenvalue weighted by molar-refractivity contribution is 6.74. The summed E-state index contributed by atoms with van der Waals surface area (Å²) in [5, 5.41) is 9.55. The Morgan fingerprint density at radius 3 is 2.50 bits per heavy atom. The number of hydrogen-bond acceptors (Lipinski definition) is 6. The number of esters is 1. The molecule has 0 radical (unpaired) electrons. The first-order valence-electron chi connectivity index (χ1n) is 10.9. The Bertz CT molecular complexity index is 850. The maximum Gasteiger partial charge on any atom is 0.342 e. The van der Waals surface area contributed by atoms with Crippen molar-refractivity contribution in [2.75, 3.05) is 20.5 Å². The van der Waals surface area contributed by atoms with Crippen LogP contribution in [0, 0.1) is 0 Å². The molecule has 1 N–H and O–H groups in total. The van der Waals surface area contributed by atoms with E-state index in [0.29, 0.717) is 16.9 Å². The van der Waals surface area contributed by atoms with Crippen LogP contribution < -0.4 is 4.43 Å². The van der Waals surface area contributed by atoms with Crippen LogP contribution in [-0.4, -0.2) is 52.1 Å². The molecule has 32 heavy (non-hydrogen) atoms. The zero-order chi connectivity index (χ0) is 23.8. The average molecular weight is 461 g/mol. The number of benzene rings is 1. The van der Waals surface area contributed by atoms with E-state index in [1.807, 2.05) is 48.6 Å². The summed E-state index contributed by atoms with van der Waals surface area (Å²) in [6.07, 6.45) is 10.0. The van der Waals surface area contributed by atoms with Crippen molar-refractivity contribution < 1.29 is 28.5 Å². The van der Waals surface area contributed by atoms with Gasteiger partial charge in [0.15, 0.2) is 0 Å². The van der Waals surface area contributed by atoms with Crippen LogP contribution in [0.5, 0.6) is 5.75 Å². The van der Waals surface area contributed by atoms with Crippen molar-refractivity contribution in [1.29, 1.82) is 0 Å². The standard InChI is InChI=1S/C25H36O6Si/c1-25(2,3)32(5,6)31-22-15-11-13-19-12-9-7-8-10-14-20(29-18-28-4)21(16-17-26)30-24(27)23(19)22/h7-15,20-21,26H,16-18H2,1-6H3/b8-7-,12-9+,14-10-/t20-,21-/m0/s1. The Morgan fingerprint density at radius 2 is 1.84 bits per heavy atom. The molecule has 0 saturated heterocycles. The lowest BCUT2D eigenvalue weighted by Gasteiger charge is -2.37. The maximum atomic E-state index is 13.5. The van der Waals surface area contributed by atoms with Gasteiger partial charge >= 0.3 is 5.97 Å². The van der Waals surface area contributed by atoms with Crippen LogP contribution in [-0.2, 0) is 14.2 Å². The molecule has 0 aliphatic carbocycles. The Kier molecular flexibility index (Phi) is 9.45. The lowest BCUT2D eigenvalue weighted by atomic mass is 10.0. The molecule has 0 spiro atoms. The molecule has 1 aliphatic rings. The fourth-order valence-corrected chi connectivity index (χ4v) is 3.95. The zero-order valence-electron chi connectivity index (χ0n) is 20.0. The molecule has 0 aromatic heterocycles. The second kappa shape index (κ2) is 11.6. The molecular formula is C25H36O6Si. The minimum atomic E-state index is -2.21. The topological polar surface area (TPSA) is 74.2 Å². The van der Waals surface area contributed by atoms with Crippen molar-refractivity contribution in [3.63, 3.8) is 0 Å². The van der Waals surface area contributed by atoms with Gasteiger partial charge in [-0.3, -0.25) is 0 Å². The van der Waals surface area contributed by atoms with E-state index in [2.05, 4.69) is 33.9 Å². The molecule has 2 rings (SSSR count). The van der Waals surface area contributed by atoms with Gasteiger partial charge in [-0.25, -0.2) is 4.79 Å². The monoisotopic (exact) mass is 460 g/mol. The van der Waals surface area contributed by atoms with Crippen LogP contribution in [0.1, 0.15) is 43.1 Å². The lowest BCUT2D eigenvalue weighted by Crippen LogP contribution is -2.44. The van der Waals surface area contributed by atoms with E-state index in [0.717, 1.165) is 0 Å². The molecule has 1 aliphatic heterocycles. The first-order chi connectivity index (χ1) is 15.1. The summed E-state index contributed by atoms with van der Waals surface area (Å²) in [7, 11) is -0.680. The molecule has 6 nitrogen and oxygen atoms in total. The third-order valence-corrected chi connectivity index (χ3v) is 10.1. The smallest absolute Gasteiger partial charge is 0.342 e. The Balaban J connectivity index is 2.53. The molecule has 0 amide bonds. The number of allylic oxidation sites excluding steroid dienone is 4.